The van der Waals surface area contributed by atoms with E-state index < -0.39 is 0 Å². The van der Waals surface area contributed by atoms with Gasteiger partial charge in [0.15, 0.2) is 0 Å². The molecule has 3 aromatic heterocycles. The number of amides is 1. The molecule has 0 radical (unpaired) electrons. The minimum Gasteiger partial charge on any atom is -0.376 e. The summed E-state index contributed by atoms with van der Waals surface area (Å²) in [5.74, 6) is 6.11. The van der Waals surface area contributed by atoms with Crippen molar-refractivity contribution < 1.29 is 4.79 Å². The first-order valence-electron chi connectivity index (χ1n) is 10.1. The van der Waals surface area contributed by atoms with Crippen LogP contribution in [-0.4, -0.2) is 39.4 Å². The summed E-state index contributed by atoms with van der Waals surface area (Å²) >= 11 is 0. The fraction of sp³-hybridized carbons (Fsp3) is 0.120. The fourth-order valence-electron chi connectivity index (χ4n) is 3.44. The maximum Gasteiger partial charge on any atom is 0.247 e. The number of nitrogens with one attached hydrogen (secondary N) is 1. The topological polar surface area (TPSA) is 91.2 Å². The molecule has 0 bridgehead atoms. The summed E-state index contributed by atoms with van der Waals surface area (Å²) in [7, 11) is 5.64. The summed E-state index contributed by atoms with van der Waals surface area (Å²) in [5.41, 5.74) is 5.85. The molecule has 3 heterocycles. The second kappa shape index (κ2) is 8.74. The first-order chi connectivity index (χ1) is 15.9. The highest BCUT2D eigenvalue weighted by Gasteiger charge is 2.12. The van der Waals surface area contributed by atoms with Crippen molar-refractivity contribution in [2.45, 2.75) is 0 Å². The Hall–Kier alpha value is -4.82. The van der Waals surface area contributed by atoms with Gasteiger partial charge in [0.05, 0.1) is 40.4 Å². The van der Waals surface area contributed by atoms with Crippen molar-refractivity contribution in [3.05, 3.63) is 78.4 Å². The van der Waals surface area contributed by atoms with Crippen molar-refractivity contribution in [3.63, 3.8) is 0 Å². The molecule has 0 saturated carbocycles. The molecular formula is C25H21N7O. The maximum atomic E-state index is 11.7. The van der Waals surface area contributed by atoms with Crippen molar-refractivity contribution in [2.24, 2.45) is 7.05 Å². The summed E-state index contributed by atoms with van der Waals surface area (Å²) < 4.78 is 3.40. The average Bonchev–Trinajstić information content (AvgIpc) is 3.43. The number of carbonyl (C=O) groups excluding carboxylic acids is 1. The molecule has 8 nitrogen and oxygen atoms in total. The third kappa shape index (κ3) is 4.32. The number of rotatable bonds is 4. The molecule has 0 aliphatic carbocycles. The molecule has 4 rings (SSSR count). The number of pyridine rings is 1. The molecule has 0 unspecified atom stereocenters. The SMILES string of the molecule is C=CC(=O)Nc1ccc(C#Cc2cc(-c3cnn(C)c3)cn3ncc(C#N)c23)cc1N(C)C. The van der Waals surface area contributed by atoms with E-state index in [1.54, 1.807) is 15.4 Å². The molecule has 0 saturated heterocycles. The number of fused-ring (bicyclic) bond motifs is 1. The number of aromatic nitrogens is 4. The molecule has 0 aliphatic rings. The Morgan fingerprint density at radius 2 is 1.94 bits per heavy atom. The molecule has 0 atom stereocenters. The van der Waals surface area contributed by atoms with Gasteiger partial charge in [-0.1, -0.05) is 18.4 Å². The molecule has 1 aromatic carbocycles. The zero-order valence-electron chi connectivity index (χ0n) is 18.5. The van der Waals surface area contributed by atoms with Gasteiger partial charge in [-0.3, -0.25) is 9.48 Å². The number of aryl methyl sites for hydroxylation is 1. The number of nitrogens with zero attached hydrogens (tertiary/aromatic N) is 6. The van der Waals surface area contributed by atoms with Gasteiger partial charge >= 0.3 is 0 Å². The Morgan fingerprint density at radius 3 is 2.61 bits per heavy atom. The monoisotopic (exact) mass is 435 g/mol. The second-order valence-electron chi connectivity index (χ2n) is 7.58. The summed E-state index contributed by atoms with van der Waals surface area (Å²) in [4.78, 5) is 13.6. The maximum absolute atomic E-state index is 11.7. The van der Waals surface area contributed by atoms with Crippen molar-refractivity contribution in [2.75, 3.05) is 24.3 Å². The first kappa shape index (κ1) is 21.4. The van der Waals surface area contributed by atoms with Crippen LogP contribution in [0.15, 0.2) is 61.7 Å². The molecule has 33 heavy (non-hydrogen) atoms. The normalized spacial score (nSPS) is 10.2. The van der Waals surface area contributed by atoms with Gasteiger partial charge in [-0.15, -0.1) is 0 Å². The van der Waals surface area contributed by atoms with Gasteiger partial charge < -0.3 is 10.2 Å². The number of carbonyl (C=O) groups is 1. The summed E-state index contributed by atoms with van der Waals surface area (Å²) in [5, 5.41) is 20.9. The average molecular weight is 435 g/mol. The van der Waals surface area contributed by atoms with Gasteiger partial charge in [-0.05, 0) is 30.3 Å². The lowest BCUT2D eigenvalue weighted by Crippen LogP contribution is -2.15. The molecule has 162 valence electrons. The molecular weight excluding hydrogens is 414 g/mol. The van der Waals surface area contributed by atoms with Gasteiger partial charge in [0.25, 0.3) is 0 Å². The van der Waals surface area contributed by atoms with Crippen LogP contribution in [0.25, 0.3) is 16.6 Å². The Bertz CT molecular complexity index is 1490. The van der Waals surface area contributed by atoms with Crippen LogP contribution in [0.4, 0.5) is 11.4 Å². The zero-order chi connectivity index (χ0) is 23.5. The Kier molecular flexibility index (Phi) is 5.67. The van der Waals surface area contributed by atoms with Crippen LogP contribution in [-0.2, 0) is 11.8 Å². The zero-order valence-corrected chi connectivity index (χ0v) is 18.5. The predicted octanol–water partition coefficient (Wildman–Crippen LogP) is 3.20. The van der Waals surface area contributed by atoms with Crippen molar-refractivity contribution >= 4 is 22.8 Å². The van der Waals surface area contributed by atoms with Crippen LogP contribution in [0.3, 0.4) is 0 Å². The first-order valence-corrected chi connectivity index (χ1v) is 10.1. The van der Waals surface area contributed by atoms with Crippen LogP contribution in [0.5, 0.6) is 0 Å². The summed E-state index contributed by atoms with van der Waals surface area (Å²) in [6, 6.07) is 9.66. The highest BCUT2D eigenvalue weighted by Crippen LogP contribution is 2.27. The molecule has 0 spiro atoms. The van der Waals surface area contributed by atoms with E-state index in [0.29, 0.717) is 22.3 Å². The van der Waals surface area contributed by atoms with E-state index in [1.807, 2.05) is 62.7 Å². The molecule has 0 fully saturated rings. The van der Waals surface area contributed by atoms with Crippen LogP contribution >= 0.6 is 0 Å². The lowest BCUT2D eigenvalue weighted by molar-refractivity contribution is -0.111. The number of hydrogen-bond acceptors (Lipinski definition) is 5. The number of anilines is 2. The molecule has 4 aromatic rings. The van der Waals surface area contributed by atoms with E-state index in [2.05, 4.69) is 40.0 Å². The van der Waals surface area contributed by atoms with E-state index >= 15 is 0 Å². The molecule has 1 N–H and O–H groups in total. The van der Waals surface area contributed by atoms with Crippen LogP contribution < -0.4 is 10.2 Å². The fourth-order valence-corrected chi connectivity index (χ4v) is 3.44. The number of nitriles is 1. The third-order valence-corrected chi connectivity index (χ3v) is 5.03. The van der Waals surface area contributed by atoms with E-state index in [-0.39, 0.29) is 5.91 Å². The van der Waals surface area contributed by atoms with Gasteiger partial charge in [-0.2, -0.15) is 15.5 Å². The number of hydrogen-bond donors (Lipinski definition) is 1. The largest absolute Gasteiger partial charge is 0.376 e. The number of benzene rings is 1. The second-order valence-corrected chi connectivity index (χ2v) is 7.58. The highest BCUT2D eigenvalue weighted by molar-refractivity contribution is 6.01. The van der Waals surface area contributed by atoms with Crippen LogP contribution in [0.2, 0.25) is 0 Å². The standard InChI is InChI=1S/C25H21N7O/c1-5-24(33)29-22-9-7-17(10-23(22)30(2)3)6-8-18-11-19(21-14-27-31(4)15-21)16-32-25(18)20(12-26)13-28-32/h5,7,9-11,13-16H,1H2,2-4H3,(H,29,33). The molecule has 0 aliphatic heterocycles. The Balaban J connectivity index is 1.81. The van der Waals surface area contributed by atoms with E-state index in [1.165, 1.54) is 12.3 Å². The third-order valence-electron chi connectivity index (χ3n) is 5.03. The van der Waals surface area contributed by atoms with Gasteiger partial charge in [0.2, 0.25) is 5.91 Å². The molecule has 1 amide bonds. The van der Waals surface area contributed by atoms with Gasteiger partial charge in [0.1, 0.15) is 6.07 Å². The minimum absolute atomic E-state index is 0.281. The van der Waals surface area contributed by atoms with Crippen LogP contribution in [0.1, 0.15) is 16.7 Å². The van der Waals surface area contributed by atoms with Gasteiger partial charge in [-0.25, -0.2) is 4.52 Å². The lowest BCUT2D eigenvalue weighted by atomic mass is 10.1. The van der Waals surface area contributed by atoms with E-state index in [0.717, 1.165) is 22.4 Å². The van der Waals surface area contributed by atoms with Crippen molar-refractivity contribution in [1.29, 1.82) is 5.26 Å². The highest BCUT2D eigenvalue weighted by atomic mass is 16.1. The van der Waals surface area contributed by atoms with E-state index in [9.17, 15) is 10.1 Å². The van der Waals surface area contributed by atoms with E-state index in [4.69, 9.17) is 0 Å². The van der Waals surface area contributed by atoms with Gasteiger partial charge in [0, 0.05) is 50.2 Å². The Morgan fingerprint density at radius 1 is 1.12 bits per heavy atom. The summed E-state index contributed by atoms with van der Waals surface area (Å²) in [6.07, 6.45) is 8.31. The Labute approximate surface area is 191 Å². The van der Waals surface area contributed by atoms with Crippen molar-refractivity contribution in [1.82, 2.24) is 19.4 Å². The van der Waals surface area contributed by atoms with Crippen LogP contribution in [0, 0.1) is 23.2 Å². The smallest absolute Gasteiger partial charge is 0.247 e. The predicted molar refractivity (Wildman–Crippen MR) is 128 cm³/mol. The minimum atomic E-state index is -0.281. The lowest BCUT2D eigenvalue weighted by Gasteiger charge is -2.18. The molecule has 8 heteroatoms. The van der Waals surface area contributed by atoms with Crippen molar-refractivity contribution in [3.8, 4) is 29.0 Å². The summed E-state index contributed by atoms with van der Waals surface area (Å²) in [6.45, 7) is 3.49. The quantitative estimate of drug-likeness (QED) is 0.393.